The summed E-state index contributed by atoms with van der Waals surface area (Å²) in [5, 5.41) is 2.89. The molecule has 6 rings (SSSR count). The van der Waals surface area contributed by atoms with E-state index in [1.54, 1.807) is 4.90 Å². The number of halogens is 3. The van der Waals surface area contributed by atoms with Crippen LogP contribution in [0, 0.1) is 23.2 Å². The Labute approximate surface area is 189 Å². The summed E-state index contributed by atoms with van der Waals surface area (Å²) in [4.78, 5) is 34.3. The number of methoxy groups -OCH3 is 1. The van der Waals surface area contributed by atoms with Gasteiger partial charge in [0, 0.05) is 25.3 Å². The SMILES string of the molecule is COC(=O)C12CC3CC(C1)C(OC(=O)N1CCC(Nc4nccc(C(F)(F)F)n4)C1)[C@H](C3)C2. The second-order valence-electron chi connectivity index (χ2n) is 9.93. The maximum absolute atomic E-state index is 12.9. The van der Waals surface area contributed by atoms with Gasteiger partial charge in [0.05, 0.1) is 12.5 Å². The van der Waals surface area contributed by atoms with Crippen molar-refractivity contribution in [3.8, 4) is 0 Å². The number of likely N-dealkylation sites (tertiary alicyclic amines) is 1. The maximum atomic E-state index is 12.9. The molecular weight excluding hydrogens is 441 g/mol. The lowest BCUT2D eigenvalue weighted by atomic mass is 9.48. The third-order valence-corrected chi connectivity index (χ3v) is 7.77. The molecule has 0 spiro atoms. The second-order valence-corrected chi connectivity index (χ2v) is 9.93. The summed E-state index contributed by atoms with van der Waals surface area (Å²) in [6.07, 6.45) is 0.643. The summed E-state index contributed by atoms with van der Waals surface area (Å²) in [5.41, 5.74) is -1.44. The average molecular weight is 468 g/mol. The molecule has 4 bridgehead atoms. The number of hydrogen-bond acceptors (Lipinski definition) is 7. The Bertz CT molecular complexity index is 926. The van der Waals surface area contributed by atoms with Crippen LogP contribution in [0.3, 0.4) is 0 Å². The molecule has 1 saturated heterocycles. The lowest BCUT2D eigenvalue weighted by Gasteiger charge is -2.57. The summed E-state index contributed by atoms with van der Waals surface area (Å²) in [5.74, 6) is 0.546. The highest BCUT2D eigenvalue weighted by Crippen LogP contribution is 2.61. The van der Waals surface area contributed by atoms with E-state index >= 15 is 0 Å². The Morgan fingerprint density at radius 2 is 1.94 bits per heavy atom. The Morgan fingerprint density at radius 3 is 2.61 bits per heavy atom. The van der Waals surface area contributed by atoms with Gasteiger partial charge in [0.15, 0.2) is 0 Å². The first-order chi connectivity index (χ1) is 15.7. The molecule has 5 aliphatic rings. The topological polar surface area (TPSA) is 93.7 Å². The van der Waals surface area contributed by atoms with Crippen molar-refractivity contribution < 1.29 is 32.2 Å². The molecule has 5 unspecified atom stereocenters. The molecule has 2 heterocycles. The van der Waals surface area contributed by atoms with Crippen molar-refractivity contribution in [2.24, 2.45) is 23.2 Å². The Kier molecular flexibility index (Phi) is 5.40. The van der Waals surface area contributed by atoms with Gasteiger partial charge in [-0.15, -0.1) is 0 Å². The highest BCUT2D eigenvalue weighted by Gasteiger charge is 2.60. The van der Waals surface area contributed by atoms with E-state index in [0.717, 1.165) is 31.5 Å². The molecule has 33 heavy (non-hydrogen) atoms. The van der Waals surface area contributed by atoms with Gasteiger partial charge in [-0.25, -0.2) is 14.8 Å². The van der Waals surface area contributed by atoms with Crippen molar-refractivity contribution in [1.29, 1.82) is 0 Å². The number of hydrogen-bond donors (Lipinski definition) is 1. The molecule has 11 heteroatoms. The van der Waals surface area contributed by atoms with Gasteiger partial charge < -0.3 is 19.7 Å². The number of carbonyl (C=O) groups excluding carboxylic acids is 2. The first kappa shape index (κ1) is 22.2. The highest BCUT2D eigenvalue weighted by molar-refractivity contribution is 5.77. The largest absolute Gasteiger partial charge is 0.469 e. The fourth-order valence-corrected chi connectivity index (χ4v) is 6.64. The Balaban J connectivity index is 1.18. The van der Waals surface area contributed by atoms with Crippen molar-refractivity contribution in [2.75, 3.05) is 25.5 Å². The van der Waals surface area contributed by atoms with Crippen LogP contribution in [0.1, 0.15) is 44.2 Å². The highest BCUT2D eigenvalue weighted by atomic mass is 19.4. The fourth-order valence-electron chi connectivity index (χ4n) is 6.64. The Hall–Kier alpha value is -2.59. The number of nitrogens with zero attached hydrogens (tertiary/aromatic N) is 3. The first-order valence-corrected chi connectivity index (χ1v) is 11.4. The number of aromatic nitrogens is 2. The molecule has 1 aliphatic heterocycles. The zero-order valence-electron chi connectivity index (χ0n) is 18.3. The number of esters is 1. The molecule has 1 aromatic heterocycles. The van der Waals surface area contributed by atoms with Gasteiger partial charge in [-0.2, -0.15) is 13.2 Å². The van der Waals surface area contributed by atoms with Gasteiger partial charge in [0.2, 0.25) is 5.95 Å². The minimum absolute atomic E-state index is 0.112. The maximum Gasteiger partial charge on any atom is 0.433 e. The van der Waals surface area contributed by atoms with Crippen LogP contribution in [-0.4, -0.2) is 59.3 Å². The molecule has 180 valence electrons. The molecule has 1 amide bonds. The number of carbonyl (C=O) groups is 2. The molecular formula is C22H27F3N4O4. The van der Waals surface area contributed by atoms with Crippen LogP contribution in [0.2, 0.25) is 0 Å². The molecule has 1 N–H and O–H groups in total. The van der Waals surface area contributed by atoms with Crippen molar-refractivity contribution >= 4 is 18.0 Å². The number of amides is 1. The van der Waals surface area contributed by atoms with E-state index in [2.05, 4.69) is 15.3 Å². The van der Waals surface area contributed by atoms with Crippen molar-refractivity contribution in [3.05, 3.63) is 18.0 Å². The van der Waals surface area contributed by atoms with E-state index in [4.69, 9.17) is 9.47 Å². The monoisotopic (exact) mass is 468 g/mol. The summed E-state index contributed by atoms with van der Waals surface area (Å²) >= 11 is 0. The van der Waals surface area contributed by atoms with E-state index in [1.165, 1.54) is 7.11 Å². The molecule has 0 radical (unpaired) electrons. The predicted molar refractivity (Wildman–Crippen MR) is 109 cm³/mol. The average Bonchev–Trinajstić information content (AvgIpc) is 3.23. The van der Waals surface area contributed by atoms with Gasteiger partial charge in [-0.3, -0.25) is 4.79 Å². The van der Waals surface area contributed by atoms with E-state index in [0.29, 0.717) is 38.3 Å². The summed E-state index contributed by atoms with van der Waals surface area (Å²) in [7, 11) is 1.43. The van der Waals surface area contributed by atoms with E-state index in [-0.39, 0.29) is 35.9 Å². The number of rotatable bonds is 4. The molecule has 0 aromatic carbocycles. The number of nitrogens with one attached hydrogen (secondary N) is 1. The molecule has 1 aromatic rings. The zero-order valence-corrected chi connectivity index (χ0v) is 18.3. The Morgan fingerprint density at radius 1 is 1.21 bits per heavy atom. The van der Waals surface area contributed by atoms with E-state index < -0.39 is 23.4 Å². The standard InChI is InChI=1S/C22H27F3N4O4/c1-32-18(30)21-8-12-6-13(9-21)17(14(7-12)10-21)33-20(31)29-5-3-15(11-29)27-19-26-4-2-16(28-19)22(23,24)25/h2,4,12-15,17H,3,5-11H2,1H3,(H,26,27,28)/t12?,13-,14?,15?,17?,21?/m1/s1. The van der Waals surface area contributed by atoms with Gasteiger partial charge in [-0.05, 0) is 62.3 Å². The van der Waals surface area contributed by atoms with E-state index in [1.807, 2.05) is 0 Å². The van der Waals surface area contributed by atoms with Crippen LogP contribution in [0.4, 0.5) is 23.9 Å². The number of anilines is 1. The van der Waals surface area contributed by atoms with E-state index in [9.17, 15) is 22.8 Å². The van der Waals surface area contributed by atoms with Gasteiger partial charge in [-0.1, -0.05) is 0 Å². The minimum Gasteiger partial charge on any atom is -0.469 e. The molecule has 8 nitrogen and oxygen atoms in total. The quantitative estimate of drug-likeness (QED) is 0.676. The first-order valence-electron chi connectivity index (χ1n) is 11.4. The van der Waals surface area contributed by atoms with Crippen LogP contribution in [0.15, 0.2) is 12.3 Å². The van der Waals surface area contributed by atoms with Crippen molar-refractivity contribution in [3.63, 3.8) is 0 Å². The molecule has 5 fully saturated rings. The van der Waals surface area contributed by atoms with Crippen LogP contribution in [0.5, 0.6) is 0 Å². The molecule has 4 saturated carbocycles. The van der Waals surface area contributed by atoms with Gasteiger partial charge in [0.1, 0.15) is 11.8 Å². The smallest absolute Gasteiger partial charge is 0.433 e. The predicted octanol–water partition coefficient (Wildman–Crippen LogP) is 3.49. The fraction of sp³-hybridized carbons (Fsp3) is 0.727. The molecule has 6 atom stereocenters. The number of ether oxygens (including phenoxy) is 2. The summed E-state index contributed by atoms with van der Waals surface area (Å²) in [6, 6.07) is 0.556. The summed E-state index contributed by atoms with van der Waals surface area (Å²) in [6.45, 7) is 0.738. The van der Waals surface area contributed by atoms with Crippen LogP contribution >= 0.6 is 0 Å². The van der Waals surface area contributed by atoms with Gasteiger partial charge >= 0.3 is 18.2 Å². The third-order valence-electron chi connectivity index (χ3n) is 7.77. The van der Waals surface area contributed by atoms with Crippen LogP contribution in [-0.2, 0) is 20.4 Å². The lowest BCUT2D eigenvalue weighted by molar-refractivity contribution is -0.182. The summed E-state index contributed by atoms with van der Waals surface area (Å²) < 4.78 is 49.7. The second kappa shape index (κ2) is 8.02. The van der Waals surface area contributed by atoms with Crippen LogP contribution in [0.25, 0.3) is 0 Å². The third kappa shape index (κ3) is 4.10. The van der Waals surface area contributed by atoms with Crippen molar-refractivity contribution in [2.45, 2.75) is 56.8 Å². The number of alkyl halides is 3. The molecule has 4 aliphatic carbocycles. The lowest BCUT2D eigenvalue weighted by Crippen LogP contribution is -2.58. The normalized spacial score (nSPS) is 34.9. The van der Waals surface area contributed by atoms with Crippen LogP contribution < -0.4 is 5.32 Å². The minimum atomic E-state index is -4.55. The van der Waals surface area contributed by atoms with Gasteiger partial charge in [0.25, 0.3) is 0 Å². The zero-order chi connectivity index (χ0) is 23.4. The van der Waals surface area contributed by atoms with Crippen molar-refractivity contribution in [1.82, 2.24) is 14.9 Å².